The second-order valence-electron chi connectivity index (χ2n) is 7.34. The number of rotatable bonds is 9. The van der Waals surface area contributed by atoms with Crippen molar-refractivity contribution >= 4 is 43.1 Å². The minimum absolute atomic E-state index is 0.0307. The van der Waals surface area contributed by atoms with Gasteiger partial charge in [-0.1, -0.05) is 6.07 Å². The van der Waals surface area contributed by atoms with Crippen LogP contribution in [0.5, 0.6) is 11.5 Å². The Morgan fingerprint density at radius 2 is 1.74 bits per heavy atom. The molecule has 0 fully saturated rings. The van der Waals surface area contributed by atoms with Gasteiger partial charge in [-0.05, 0) is 55.5 Å². The second-order valence-corrected chi connectivity index (χ2v) is 11.2. The standard InChI is InChI=1S/C22H22N4O7S2/c1-2-34(28,29)26(17-8-11-19-20(13-17)33-15-32-19)14-22(27)24-16-6-9-18(10-7-16)35(30,31)25-21-5-3-4-12-23-21/h3-13H,2,14-15H2,1H3,(H,23,25)(H,24,27). The van der Waals surface area contributed by atoms with Crippen molar-refractivity contribution in [3.05, 3.63) is 66.9 Å². The quantitative estimate of drug-likeness (QED) is 0.439. The van der Waals surface area contributed by atoms with Gasteiger partial charge in [-0.3, -0.25) is 13.8 Å². The summed E-state index contributed by atoms with van der Waals surface area (Å²) in [6, 6.07) is 14.9. The van der Waals surface area contributed by atoms with Gasteiger partial charge in [0.1, 0.15) is 12.4 Å². The van der Waals surface area contributed by atoms with Gasteiger partial charge in [0, 0.05) is 18.0 Å². The first kappa shape index (κ1) is 24.3. The maximum atomic E-state index is 12.7. The van der Waals surface area contributed by atoms with Gasteiger partial charge >= 0.3 is 0 Å². The summed E-state index contributed by atoms with van der Waals surface area (Å²) in [6.07, 6.45) is 1.46. The number of carbonyl (C=O) groups excluding carboxylic acids is 1. The Bertz CT molecular complexity index is 1430. The first-order valence-corrected chi connectivity index (χ1v) is 13.5. The minimum atomic E-state index is -3.88. The van der Waals surface area contributed by atoms with Crippen LogP contribution in [-0.2, 0) is 24.8 Å². The van der Waals surface area contributed by atoms with Crippen molar-refractivity contribution in [1.82, 2.24) is 4.98 Å². The number of hydrogen-bond acceptors (Lipinski definition) is 8. The zero-order valence-corrected chi connectivity index (χ0v) is 20.2. The van der Waals surface area contributed by atoms with Crippen LogP contribution in [0.3, 0.4) is 0 Å². The number of amides is 1. The number of nitrogens with zero attached hydrogens (tertiary/aromatic N) is 2. The smallest absolute Gasteiger partial charge is 0.263 e. The van der Waals surface area contributed by atoms with E-state index < -0.39 is 32.5 Å². The predicted molar refractivity (Wildman–Crippen MR) is 129 cm³/mol. The van der Waals surface area contributed by atoms with Gasteiger partial charge in [0.05, 0.1) is 16.3 Å². The number of aromatic nitrogens is 1. The van der Waals surface area contributed by atoms with E-state index in [-0.39, 0.29) is 28.9 Å². The van der Waals surface area contributed by atoms with Crippen molar-refractivity contribution in [3.8, 4) is 11.5 Å². The number of benzene rings is 2. The second kappa shape index (κ2) is 9.80. The lowest BCUT2D eigenvalue weighted by Crippen LogP contribution is -2.39. The molecule has 0 bridgehead atoms. The molecule has 1 aromatic heterocycles. The van der Waals surface area contributed by atoms with E-state index in [9.17, 15) is 21.6 Å². The maximum absolute atomic E-state index is 12.7. The highest BCUT2D eigenvalue weighted by Crippen LogP contribution is 2.36. The summed E-state index contributed by atoms with van der Waals surface area (Å²) < 4.78 is 64.3. The average molecular weight is 519 g/mol. The van der Waals surface area contributed by atoms with Crippen molar-refractivity contribution < 1.29 is 31.1 Å². The van der Waals surface area contributed by atoms with Gasteiger partial charge in [-0.2, -0.15) is 0 Å². The SMILES string of the molecule is CCS(=O)(=O)N(CC(=O)Nc1ccc(S(=O)(=O)Nc2ccccn2)cc1)c1ccc2c(c1)OCO2. The van der Waals surface area contributed by atoms with E-state index in [0.29, 0.717) is 17.2 Å². The monoisotopic (exact) mass is 518 g/mol. The maximum Gasteiger partial charge on any atom is 0.263 e. The molecule has 0 unspecified atom stereocenters. The lowest BCUT2D eigenvalue weighted by atomic mass is 10.2. The molecule has 0 atom stereocenters. The van der Waals surface area contributed by atoms with E-state index in [4.69, 9.17) is 9.47 Å². The van der Waals surface area contributed by atoms with Crippen LogP contribution in [0.15, 0.2) is 71.8 Å². The molecule has 35 heavy (non-hydrogen) atoms. The van der Waals surface area contributed by atoms with Crippen LogP contribution in [0, 0.1) is 0 Å². The molecule has 184 valence electrons. The van der Waals surface area contributed by atoms with E-state index in [1.165, 1.54) is 55.6 Å². The van der Waals surface area contributed by atoms with E-state index in [1.807, 2.05) is 0 Å². The largest absolute Gasteiger partial charge is 0.454 e. The van der Waals surface area contributed by atoms with Gasteiger partial charge in [0.2, 0.25) is 22.7 Å². The van der Waals surface area contributed by atoms with Crippen molar-refractivity contribution in [2.45, 2.75) is 11.8 Å². The molecule has 3 aromatic rings. The molecular weight excluding hydrogens is 496 g/mol. The molecular formula is C22H22N4O7S2. The first-order valence-electron chi connectivity index (χ1n) is 10.4. The molecule has 1 aliphatic rings. The van der Waals surface area contributed by atoms with Crippen LogP contribution in [0.1, 0.15) is 6.92 Å². The third kappa shape index (κ3) is 5.63. The molecule has 0 radical (unpaired) electrons. The van der Waals surface area contributed by atoms with Gasteiger partial charge in [0.25, 0.3) is 10.0 Å². The predicted octanol–water partition coefficient (Wildman–Crippen LogP) is 2.41. The van der Waals surface area contributed by atoms with Crippen molar-refractivity contribution in [2.24, 2.45) is 0 Å². The van der Waals surface area contributed by atoms with E-state index in [2.05, 4.69) is 15.0 Å². The fourth-order valence-electron chi connectivity index (χ4n) is 3.21. The number of carbonyl (C=O) groups is 1. The van der Waals surface area contributed by atoms with E-state index >= 15 is 0 Å². The van der Waals surface area contributed by atoms with E-state index in [0.717, 1.165) is 4.31 Å². The van der Waals surface area contributed by atoms with Crippen molar-refractivity contribution in [1.29, 1.82) is 0 Å². The van der Waals surface area contributed by atoms with Gasteiger partial charge in [-0.25, -0.2) is 21.8 Å². The molecule has 11 nitrogen and oxygen atoms in total. The molecule has 0 saturated heterocycles. The van der Waals surface area contributed by atoms with Gasteiger partial charge in [0.15, 0.2) is 11.5 Å². The van der Waals surface area contributed by atoms with E-state index in [1.54, 1.807) is 18.2 Å². The van der Waals surface area contributed by atoms with Crippen LogP contribution in [-0.4, -0.2) is 46.8 Å². The van der Waals surface area contributed by atoms with Crippen LogP contribution >= 0.6 is 0 Å². The molecule has 1 aliphatic heterocycles. The summed E-state index contributed by atoms with van der Waals surface area (Å²) in [6.45, 7) is 1.02. The Balaban J connectivity index is 1.47. The number of sulfonamides is 2. The topological polar surface area (TPSA) is 144 Å². The molecule has 0 saturated carbocycles. The summed E-state index contributed by atoms with van der Waals surface area (Å²) in [7, 11) is -7.67. The molecule has 2 aromatic carbocycles. The zero-order valence-electron chi connectivity index (χ0n) is 18.5. The molecule has 13 heteroatoms. The molecule has 2 heterocycles. The number of pyridine rings is 1. The Morgan fingerprint density at radius 3 is 2.43 bits per heavy atom. The Hall–Kier alpha value is -3.84. The third-order valence-electron chi connectivity index (χ3n) is 4.98. The summed E-state index contributed by atoms with van der Waals surface area (Å²) in [5, 5.41) is 2.59. The Morgan fingerprint density at radius 1 is 1.00 bits per heavy atom. The third-order valence-corrected chi connectivity index (χ3v) is 8.10. The molecule has 0 spiro atoms. The minimum Gasteiger partial charge on any atom is -0.454 e. The number of fused-ring (bicyclic) bond motifs is 1. The highest BCUT2D eigenvalue weighted by molar-refractivity contribution is 7.93. The summed E-state index contributed by atoms with van der Waals surface area (Å²) in [5.41, 5.74) is 0.555. The van der Waals surface area contributed by atoms with Crippen LogP contribution in [0.25, 0.3) is 0 Å². The average Bonchev–Trinajstić information content (AvgIpc) is 3.31. The van der Waals surface area contributed by atoms with Crippen LogP contribution in [0.2, 0.25) is 0 Å². The Labute approximate surface area is 202 Å². The number of anilines is 3. The lowest BCUT2D eigenvalue weighted by molar-refractivity contribution is -0.114. The number of hydrogen-bond donors (Lipinski definition) is 2. The number of ether oxygens (including phenoxy) is 2. The molecule has 4 rings (SSSR count). The van der Waals surface area contributed by atoms with Gasteiger partial charge in [-0.15, -0.1) is 0 Å². The van der Waals surface area contributed by atoms with Gasteiger partial charge < -0.3 is 14.8 Å². The molecule has 2 N–H and O–H groups in total. The summed E-state index contributed by atoms with van der Waals surface area (Å²) >= 11 is 0. The fourth-order valence-corrected chi connectivity index (χ4v) is 5.28. The lowest BCUT2D eigenvalue weighted by Gasteiger charge is -2.23. The molecule has 0 aliphatic carbocycles. The normalized spacial score (nSPS) is 12.7. The summed E-state index contributed by atoms with van der Waals surface area (Å²) in [4.78, 5) is 16.6. The highest BCUT2D eigenvalue weighted by Gasteiger charge is 2.26. The first-order chi connectivity index (χ1) is 16.7. The molecule has 1 amide bonds. The van der Waals surface area contributed by atoms with Crippen LogP contribution in [0.4, 0.5) is 17.2 Å². The summed E-state index contributed by atoms with van der Waals surface area (Å²) in [5.74, 6) is 0.215. The Kier molecular flexibility index (Phi) is 6.80. The van der Waals surface area contributed by atoms with Crippen molar-refractivity contribution in [2.75, 3.05) is 33.4 Å². The fraction of sp³-hybridized carbons (Fsp3) is 0.182. The highest BCUT2D eigenvalue weighted by atomic mass is 32.2. The zero-order chi connectivity index (χ0) is 25.1. The van der Waals surface area contributed by atoms with Crippen LogP contribution < -0.4 is 23.8 Å². The number of nitrogens with one attached hydrogen (secondary N) is 2. The van der Waals surface area contributed by atoms with Crippen molar-refractivity contribution in [3.63, 3.8) is 0 Å².